The Morgan fingerprint density at radius 1 is 1.59 bits per heavy atom. The van der Waals surface area contributed by atoms with Crippen molar-refractivity contribution in [3.05, 3.63) is 40.0 Å². The summed E-state index contributed by atoms with van der Waals surface area (Å²) in [6.45, 7) is 1.98. The minimum atomic E-state index is -0.572. The van der Waals surface area contributed by atoms with Gasteiger partial charge in [-0.05, 0) is 24.6 Å². The molecule has 0 aliphatic rings. The number of nitrogen functional groups attached to an aromatic ring is 1. The van der Waals surface area contributed by atoms with Gasteiger partial charge in [0.2, 0.25) is 0 Å². The van der Waals surface area contributed by atoms with Crippen LogP contribution >= 0.6 is 0 Å². The van der Waals surface area contributed by atoms with E-state index in [1.807, 2.05) is 0 Å². The first-order valence-electron chi connectivity index (χ1n) is 4.93. The van der Waals surface area contributed by atoms with Crippen molar-refractivity contribution >= 4 is 23.4 Å². The fourth-order valence-corrected chi connectivity index (χ4v) is 1.18. The SMILES string of the molecule is CCOC(=O)/C=C/c1ccc(N)c([N+](=O)[O-])c1. The van der Waals surface area contributed by atoms with Crippen molar-refractivity contribution in [2.24, 2.45) is 0 Å². The number of nitrogens with zero attached hydrogens (tertiary/aromatic N) is 1. The first kappa shape index (κ1) is 12.7. The van der Waals surface area contributed by atoms with E-state index in [0.29, 0.717) is 5.56 Å². The second kappa shape index (κ2) is 5.64. The second-order valence-corrected chi connectivity index (χ2v) is 3.16. The average Bonchev–Trinajstić information content (AvgIpc) is 2.28. The highest BCUT2D eigenvalue weighted by Crippen LogP contribution is 2.22. The summed E-state index contributed by atoms with van der Waals surface area (Å²) in [5.74, 6) is -0.494. The summed E-state index contributed by atoms with van der Waals surface area (Å²) < 4.78 is 4.68. The van der Waals surface area contributed by atoms with E-state index < -0.39 is 10.9 Å². The Bertz CT molecular complexity index is 469. The van der Waals surface area contributed by atoms with Crippen molar-refractivity contribution in [1.29, 1.82) is 0 Å². The third-order valence-electron chi connectivity index (χ3n) is 1.95. The molecule has 6 nitrogen and oxygen atoms in total. The average molecular weight is 236 g/mol. The highest BCUT2D eigenvalue weighted by molar-refractivity contribution is 5.87. The molecule has 1 aromatic rings. The van der Waals surface area contributed by atoms with Crippen molar-refractivity contribution in [3.8, 4) is 0 Å². The van der Waals surface area contributed by atoms with Crippen LogP contribution in [0.1, 0.15) is 12.5 Å². The molecule has 0 heterocycles. The molecule has 17 heavy (non-hydrogen) atoms. The number of nitro benzene ring substituents is 1. The van der Waals surface area contributed by atoms with Gasteiger partial charge in [-0.1, -0.05) is 6.07 Å². The van der Waals surface area contributed by atoms with E-state index in [2.05, 4.69) is 4.74 Å². The van der Waals surface area contributed by atoms with Gasteiger partial charge >= 0.3 is 5.97 Å². The van der Waals surface area contributed by atoms with Crippen molar-refractivity contribution in [2.45, 2.75) is 6.92 Å². The number of anilines is 1. The van der Waals surface area contributed by atoms with Crippen LogP contribution in [0.4, 0.5) is 11.4 Å². The van der Waals surface area contributed by atoms with Gasteiger partial charge in [0.1, 0.15) is 5.69 Å². The standard InChI is InChI=1S/C11H12N2O4/c1-2-17-11(14)6-4-8-3-5-9(12)10(7-8)13(15)16/h3-7H,2,12H2,1H3/b6-4+. The van der Waals surface area contributed by atoms with Gasteiger partial charge < -0.3 is 10.5 Å². The number of nitro groups is 1. The van der Waals surface area contributed by atoms with Gasteiger partial charge in [-0.3, -0.25) is 10.1 Å². The number of carbonyl (C=O) groups is 1. The quantitative estimate of drug-likeness (QED) is 0.282. The zero-order valence-electron chi connectivity index (χ0n) is 9.25. The Balaban J connectivity index is 2.89. The maximum absolute atomic E-state index is 11.0. The van der Waals surface area contributed by atoms with Crippen LogP contribution in [0.15, 0.2) is 24.3 Å². The van der Waals surface area contributed by atoms with Gasteiger partial charge in [0.05, 0.1) is 11.5 Å². The summed E-state index contributed by atoms with van der Waals surface area (Å²) in [5, 5.41) is 10.6. The molecule has 0 aliphatic carbocycles. The van der Waals surface area contributed by atoms with Crippen LogP contribution in [0.5, 0.6) is 0 Å². The Hall–Kier alpha value is -2.37. The van der Waals surface area contributed by atoms with E-state index in [0.717, 1.165) is 0 Å². The molecule has 0 amide bonds. The smallest absolute Gasteiger partial charge is 0.330 e. The van der Waals surface area contributed by atoms with Crippen LogP contribution in [0.3, 0.4) is 0 Å². The Labute approximate surface area is 97.8 Å². The van der Waals surface area contributed by atoms with E-state index in [1.165, 1.54) is 24.3 Å². The zero-order chi connectivity index (χ0) is 12.8. The summed E-state index contributed by atoms with van der Waals surface area (Å²) in [6, 6.07) is 4.30. The largest absolute Gasteiger partial charge is 0.463 e. The first-order valence-corrected chi connectivity index (χ1v) is 4.93. The van der Waals surface area contributed by atoms with Crippen molar-refractivity contribution in [1.82, 2.24) is 0 Å². The highest BCUT2D eigenvalue weighted by atomic mass is 16.6. The Morgan fingerprint density at radius 3 is 2.88 bits per heavy atom. The number of benzene rings is 1. The summed E-state index contributed by atoms with van der Waals surface area (Å²) in [7, 11) is 0. The number of ether oxygens (including phenoxy) is 1. The molecule has 1 aromatic carbocycles. The van der Waals surface area contributed by atoms with Gasteiger partial charge in [-0.2, -0.15) is 0 Å². The second-order valence-electron chi connectivity index (χ2n) is 3.16. The molecule has 0 aliphatic heterocycles. The monoisotopic (exact) mass is 236 g/mol. The molecule has 2 N–H and O–H groups in total. The predicted molar refractivity (Wildman–Crippen MR) is 63.2 cm³/mol. The zero-order valence-corrected chi connectivity index (χ0v) is 9.25. The number of rotatable bonds is 4. The topological polar surface area (TPSA) is 95.5 Å². The molecular weight excluding hydrogens is 224 g/mol. The van der Waals surface area contributed by atoms with Gasteiger partial charge in [0, 0.05) is 12.1 Å². The normalized spacial score (nSPS) is 10.4. The summed E-state index contributed by atoms with van der Waals surface area (Å²) in [4.78, 5) is 21.1. The highest BCUT2D eigenvalue weighted by Gasteiger charge is 2.10. The van der Waals surface area contributed by atoms with E-state index in [4.69, 9.17) is 5.73 Å². The molecule has 0 radical (unpaired) electrons. The lowest BCUT2D eigenvalue weighted by molar-refractivity contribution is -0.383. The fourth-order valence-electron chi connectivity index (χ4n) is 1.18. The molecule has 0 bridgehead atoms. The van der Waals surface area contributed by atoms with Crippen LogP contribution < -0.4 is 5.73 Å². The van der Waals surface area contributed by atoms with Gasteiger partial charge in [0.25, 0.3) is 5.69 Å². The van der Waals surface area contributed by atoms with Crippen molar-refractivity contribution in [2.75, 3.05) is 12.3 Å². The molecular formula is C11H12N2O4. The summed E-state index contributed by atoms with van der Waals surface area (Å²) in [5.41, 5.74) is 5.85. The molecule has 0 aromatic heterocycles. The summed E-state index contributed by atoms with van der Waals surface area (Å²) >= 11 is 0. The van der Waals surface area contributed by atoms with Gasteiger partial charge in [0.15, 0.2) is 0 Å². The van der Waals surface area contributed by atoms with E-state index >= 15 is 0 Å². The molecule has 1 rings (SSSR count). The fraction of sp³-hybridized carbons (Fsp3) is 0.182. The number of hydrogen-bond acceptors (Lipinski definition) is 5. The van der Waals surface area contributed by atoms with Gasteiger partial charge in [-0.15, -0.1) is 0 Å². The Kier molecular flexibility index (Phi) is 4.21. The minimum absolute atomic E-state index is 0.0864. The minimum Gasteiger partial charge on any atom is -0.463 e. The van der Waals surface area contributed by atoms with E-state index in [9.17, 15) is 14.9 Å². The van der Waals surface area contributed by atoms with Crippen molar-refractivity contribution < 1.29 is 14.5 Å². The first-order chi connectivity index (χ1) is 8.04. The number of esters is 1. The van der Waals surface area contributed by atoms with E-state index in [1.54, 1.807) is 13.0 Å². The van der Waals surface area contributed by atoms with Crippen molar-refractivity contribution in [3.63, 3.8) is 0 Å². The molecule has 90 valence electrons. The number of hydrogen-bond donors (Lipinski definition) is 1. The maximum atomic E-state index is 11.0. The van der Waals surface area contributed by atoms with Crippen LogP contribution in [0.2, 0.25) is 0 Å². The third kappa shape index (κ3) is 3.60. The summed E-state index contributed by atoms with van der Waals surface area (Å²) in [6.07, 6.45) is 2.64. The molecule has 0 spiro atoms. The van der Waals surface area contributed by atoms with Crippen LogP contribution in [0, 0.1) is 10.1 Å². The third-order valence-corrected chi connectivity index (χ3v) is 1.95. The lowest BCUT2D eigenvalue weighted by Gasteiger charge is -1.98. The number of carbonyl (C=O) groups excluding carboxylic acids is 1. The molecule has 0 unspecified atom stereocenters. The van der Waals surface area contributed by atoms with Crippen LogP contribution in [0.25, 0.3) is 6.08 Å². The molecule has 0 saturated heterocycles. The molecule has 6 heteroatoms. The molecule has 0 fully saturated rings. The van der Waals surface area contributed by atoms with Crippen LogP contribution in [-0.2, 0) is 9.53 Å². The maximum Gasteiger partial charge on any atom is 0.330 e. The van der Waals surface area contributed by atoms with E-state index in [-0.39, 0.29) is 18.0 Å². The van der Waals surface area contributed by atoms with Crippen LogP contribution in [-0.4, -0.2) is 17.5 Å². The number of nitrogens with two attached hydrogens (primary N) is 1. The predicted octanol–water partition coefficient (Wildman–Crippen LogP) is 1.75. The molecule has 0 saturated carbocycles. The Morgan fingerprint density at radius 2 is 2.29 bits per heavy atom. The van der Waals surface area contributed by atoms with Gasteiger partial charge in [-0.25, -0.2) is 4.79 Å². The lowest BCUT2D eigenvalue weighted by Crippen LogP contribution is -1.99. The lowest BCUT2D eigenvalue weighted by atomic mass is 10.1. The molecule has 0 atom stereocenters.